The molecule has 2 unspecified atom stereocenters. The van der Waals surface area contributed by atoms with Crippen molar-refractivity contribution in [2.75, 3.05) is 26.2 Å². The number of nitrogens with two attached hydrogens (primary N) is 1. The maximum Gasteiger partial charge on any atom is 0.255 e. The minimum atomic E-state index is -0.510. The van der Waals surface area contributed by atoms with Gasteiger partial charge in [-0.2, -0.15) is 0 Å². The van der Waals surface area contributed by atoms with E-state index >= 15 is 0 Å². The van der Waals surface area contributed by atoms with Gasteiger partial charge in [-0.05, 0) is 24.1 Å². The summed E-state index contributed by atoms with van der Waals surface area (Å²) in [5, 5.41) is 0.0947. The summed E-state index contributed by atoms with van der Waals surface area (Å²) in [5.41, 5.74) is 6.27. The first-order chi connectivity index (χ1) is 11.3. The molecule has 8 heteroatoms. The van der Waals surface area contributed by atoms with Crippen molar-refractivity contribution >= 4 is 35.8 Å². The lowest BCUT2D eigenvalue weighted by Gasteiger charge is -2.36. The van der Waals surface area contributed by atoms with Gasteiger partial charge >= 0.3 is 0 Å². The molecule has 0 aliphatic carbocycles. The van der Waals surface area contributed by atoms with Crippen molar-refractivity contribution < 1.29 is 14.0 Å². The summed E-state index contributed by atoms with van der Waals surface area (Å²) < 4.78 is 13.1. The fourth-order valence-corrected chi connectivity index (χ4v) is 2.92. The summed E-state index contributed by atoms with van der Waals surface area (Å²) in [6.07, 6.45) is 0.842. The van der Waals surface area contributed by atoms with Crippen LogP contribution in [-0.4, -0.2) is 53.8 Å². The van der Waals surface area contributed by atoms with Crippen LogP contribution in [0.1, 0.15) is 30.6 Å². The van der Waals surface area contributed by atoms with E-state index in [0.29, 0.717) is 26.2 Å². The molecular weight excluding hydrogens is 368 g/mol. The Bertz CT molecular complexity index is 622. The van der Waals surface area contributed by atoms with E-state index < -0.39 is 11.9 Å². The normalized spacial score (nSPS) is 16.8. The maximum atomic E-state index is 13.1. The number of amides is 2. The van der Waals surface area contributed by atoms with Crippen molar-refractivity contribution in [1.82, 2.24) is 9.80 Å². The number of carbonyl (C=O) groups excluding carboxylic acids is 2. The van der Waals surface area contributed by atoms with Crippen LogP contribution in [0.15, 0.2) is 18.2 Å². The molecule has 1 saturated heterocycles. The molecule has 2 N–H and O–H groups in total. The zero-order valence-electron chi connectivity index (χ0n) is 14.4. The lowest BCUT2D eigenvalue weighted by molar-refractivity contribution is -0.135. The number of benzene rings is 1. The third-order valence-electron chi connectivity index (χ3n) is 4.58. The summed E-state index contributed by atoms with van der Waals surface area (Å²) in [6, 6.07) is 3.21. The number of nitrogens with zero attached hydrogens (tertiary/aromatic N) is 2. The summed E-state index contributed by atoms with van der Waals surface area (Å²) in [5.74, 6) is -0.684. The Labute approximate surface area is 158 Å². The molecule has 1 heterocycles. The second-order valence-corrected chi connectivity index (χ2v) is 6.56. The molecule has 1 aliphatic heterocycles. The van der Waals surface area contributed by atoms with Crippen LogP contribution in [0.3, 0.4) is 0 Å². The topological polar surface area (TPSA) is 66.6 Å². The van der Waals surface area contributed by atoms with Crippen LogP contribution in [0.4, 0.5) is 4.39 Å². The molecule has 0 saturated carbocycles. The van der Waals surface area contributed by atoms with Crippen LogP contribution in [0.2, 0.25) is 5.02 Å². The fraction of sp³-hybridized carbons (Fsp3) is 0.529. The SMILES string of the molecule is CCC(C)C(N)C(=O)N1CCN(C(=O)c2ccc(F)cc2Cl)CC1.Cl. The smallest absolute Gasteiger partial charge is 0.255 e. The van der Waals surface area contributed by atoms with Gasteiger partial charge in [0.15, 0.2) is 0 Å². The van der Waals surface area contributed by atoms with Crippen molar-refractivity contribution in [2.45, 2.75) is 26.3 Å². The predicted octanol–water partition coefficient (Wildman–Crippen LogP) is 2.56. The Morgan fingerprint density at radius 3 is 2.32 bits per heavy atom. The number of halogens is 3. The van der Waals surface area contributed by atoms with Crippen molar-refractivity contribution in [3.63, 3.8) is 0 Å². The molecule has 2 amide bonds. The van der Waals surface area contributed by atoms with E-state index in [4.69, 9.17) is 17.3 Å². The van der Waals surface area contributed by atoms with Gasteiger partial charge in [0.2, 0.25) is 5.91 Å². The van der Waals surface area contributed by atoms with E-state index in [-0.39, 0.29) is 40.7 Å². The van der Waals surface area contributed by atoms with Crippen LogP contribution in [0.5, 0.6) is 0 Å². The van der Waals surface area contributed by atoms with Gasteiger partial charge in [-0.15, -0.1) is 12.4 Å². The predicted molar refractivity (Wildman–Crippen MR) is 98.6 cm³/mol. The van der Waals surface area contributed by atoms with E-state index in [1.807, 2.05) is 13.8 Å². The van der Waals surface area contributed by atoms with E-state index in [0.717, 1.165) is 12.5 Å². The standard InChI is InChI=1S/C17H23ClFN3O2.ClH/c1-3-11(2)15(20)17(24)22-8-6-21(7-9-22)16(23)13-5-4-12(19)10-14(13)18;/h4-5,10-11,15H,3,6-9,20H2,1-2H3;1H. The summed E-state index contributed by atoms with van der Waals surface area (Å²) in [6.45, 7) is 5.65. The van der Waals surface area contributed by atoms with Crippen LogP contribution < -0.4 is 5.73 Å². The average molecular weight is 392 g/mol. The zero-order valence-corrected chi connectivity index (χ0v) is 15.9. The molecule has 2 rings (SSSR count). The zero-order chi connectivity index (χ0) is 17.9. The molecule has 0 radical (unpaired) electrons. The minimum Gasteiger partial charge on any atom is -0.338 e. The monoisotopic (exact) mass is 391 g/mol. The molecule has 1 aromatic rings. The maximum absolute atomic E-state index is 13.1. The first-order valence-electron chi connectivity index (χ1n) is 8.13. The van der Waals surface area contributed by atoms with Crippen LogP contribution >= 0.6 is 24.0 Å². The molecule has 2 atom stereocenters. The molecule has 140 valence electrons. The largest absolute Gasteiger partial charge is 0.338 e. The molecule has 1 aromatic carbocycles. The van der Waals surface area contributed by atoms with E-state index in [1.54, 1.807) is 9.80 Å². The Morgan fingerprint density at radius 1 is 1.24 bits per heavy atom. The fourth-order valence-electron chi connectivity index (χ4n) is 2.67. The summed E-state index contributed by atoms with van der Waals surface area (Å²) >= 11 is 5.95. The highest BCUT2D eigenvalue weighted by Crippen LogP contribution is 2.20. The molecule has 1 fully saturated rings. The van der Waals surface area contributed by atoms with Gasteiger partial charge in [0.25, 0.3) is 5.91 Å². The third-order valence-corrected chi connectivity index (χ3v) is 4.89. The van der Waals surface area contributed by atoms with Crippen molar-refractivity contribution in [3.05, 3.63) is 34.6 Å². The first-order valence-corrected chi connectivity index (χ1v) is 8.51. The molecule has 0 aromatic heterocycles. The molecule has 0 bridgehead atoms. The second kappa shape index (κ2) is 9.36. The quantitative estimate of drug-likeness (QED) is 0.857. The first kappa shape index (κ1) is 21.7. The number of hydrogen-bond donors (Lipinski definition) is 1. The van der Waals surface area contributed by atoms with Crippen LogP contribution in [-0.2, 0) is 4.79 Å². The Balaban J connectivity index is 0.00000312. The van der Waals surface area contributed by atoms with Gasteiger partial charge in [0.05, 0.1) is 16.6 Å². The highest BCUT2D eigenvalue weighted by Gasteiger charge is 2.30. The molecule has 25 heavy (non-hydrogen) atoms. The molecule has 0 spiro atoms. The van der Waals surface area contributed by atoms with E-state index in [9.17, 15) is 14.0 Å². The third kappa shape index (κ3) is 5.06. The summed E-state index contributed by atoms with van der Waals surface area (Å²) in [4.78, 5) is 28.2. The molecule has 5 nitrogen and oxygen atoms in total. The van der Waals surface area contributed by atoms with Crippen molar-refractivity contribution in [1.29, 1.82) is 0 Å². The average Bonchev–Trinajstić information content (AvgIpc) is 2.59. The lowest BCUT2D eigenvalue weighted by atomic mass is 9.98. The Morgan fingerprint density at radius 2 is 1.80 bits per heavy atom. The van der Waals surface area contributed by atoms with Gasteiger partial charge in [-0.3, -0.25) is 9.59 Å². The minimum absolute atomic E-state index is 0. The van der Waals surface area contributed by atoms with Crippen LogP contribution in [0.25, 0.3) is 0 Å². The van der Waals surface area contributed by atoms with E-state index in [2.05, 4.69) is 0 Å². The Kier molecular flexibility index (Phi) is 8.12. The number of rotatable bonds is 4. The van der Waals surface area contributed by atoms with Crippen LogP contribution in [0, 0.1) is 11.7 Å². The molecular formula is C17H24Cl2FN3O2. The number of hydrogen-bond acceptors (Lipinski definition) is 3. The Hall–Kier alpha value is -1.37. The second-order valence-electron chi connectivity index (χ2n) is 6.15. The van der Waals surface area contributed by atoms with Gasteiger partial charge < -0.3 is 15.5 Å². The highest BCUT2D eigenvalue weighted by molar-refractivity contribution is 6.33. The van der Waals surface area contributed by atoms with Gasteiger partial charge in [-0.25, -0.2) is 4.39 Å². The number of piperazine rings is 1. The van der Waals surface area contributed by atoms with Gasteiger partial charge in [0.1, 0.15) is 5.82 Å². The molecule has 1 aliphatic rings. The lowest BCUT2D eigenvalue weighted by Crippen LogP contribution is -2.55. The van der Waals surface area contributed by atoms with E-state index in [1.165, 1.54) is 12.1 Å². The number of carbonyl (C=O) groups is 2. The highest BCUT2D eigenvalue weighted by atomic mass is 35.5. The van der Waals surface area contributed by atoms with Gasteiger partial charge in [-0.1, -0.05) is 31.9 Å². The van der Waals surface area contributed by atoms with Crippen molar-refractivity contribution in [2.24, 2.45) is 11.7 Å². The van der Waals surface area contributed by atoms with Gasteiger partial charge in [0, 0.05) is 26.2 Å². The van der Waals surface area contributed by atoms with Crippen molar-refractivity contribution in [3.8, 4) is 0 Å². The summed E-state index contributed by atoms with van der Waals surface area (Å²) in [7, 11) is 0.